The smallest absolute Gasteiger partial charge is 0.288 e. The molecule has 1 heterocycles. The summed E-state index contributed by atoms with van der Waals surface area (Å²) in [5.74, 6) is -1.05. The van der Waals surface area contributed by atoms with Crippen molar-refractivity contribution in [3.63, 3.8) is 0 Å². The number of imidazole rings is 1. The van der Waals surface area contributed by atoms with Gasteiger partial charge in [0.15, 0.2) is 0 Å². The van der Waals surface area contributed by atoms with Crippen LogP contribution in [0.15, 0.2) is 66.0 Å². The van der Waals surface area contributed by atoms with Crippen LogP contribution >= 0.6 is 11.8 Å². The first-order valence-electron chi connectivity index (χ1n) is 8.10. The van der Waals surface area contributed by atoms with Gasteiger partial charge >= 0.3 is 0 Å². The van der Waals surface area contributed by atoms with E-state index in [1.807, 2.05) is 31.2 Å². The molecule has 2 amide bonds. The van der Waals surface area contributed by atoms with E-state index in [-0.39, 0.29) is 23.2 Å². The number of nitrogens with zero attached hydrogens (tertiary/aromatic N) is 2. The molecular formula is C19H17FN4O2S. The second kappa shape index (κ2) is 8.50. The van der Waals surface area contributed by atoms with Crippen LogP contribution in [0.1, 0.15) is 16.1 Å². The predicted octanol–water partition coefficient (Wildman–Crippen LogP) is 2.87. The zero-order valence-corrected chi connectivity index (χ0v) is 15.3. The van der Waals surface area contributed by atoms with Crippen LogP contribution in [0, 0.1) is 12.7 Å². The van der Waals surface area contributed by atoms with Crippen molar-refractivity contribution in [2.45, 2.75) is 11.8 Å². The minimum atomic E-state index is -0.522. The Morgan fingerprint density at radius 3 is 2.59 bits per heavy atom. The van der Waals surface area contributed by atoms with Crippen molar-refractivity contribution in [2.75, 3.05) is 5.75 Å². The van der Waals surface area contributed by atoms with E-state index in [1.54, 1.807) is 0 Å². The second-order valence-electron chi connectivity index (χ2n) is 5.68. The molecule has 27 heavy (non-hydrogen) atoms. The highest BCUT2D eigenvalue weighted by atomic mass is 32.2. The maximum atomic E-state index is 13.1. The molecule has 0 aliphatic heterocycles. The van der Waals surface area contributed by atoms with Crippen molar-refractivity contribution in [2.24, 2.45) is 0 Å². The first-order valence-corrected chi connectivity index (χ1v) is 9.09. The van der Waals surface area contributed by atoms with Crippen molar-refractivity contribution >= 4 is 23.6 Å². The van der Waals surface area contributed by atoms with Crippen LogP contribution in [0.4, 0.5) is 4.39 Å². The highest BCUT2D eigenvalue weighted by Crippen LogP contribution is 2.21. The van der Waals surface area contributed by atoms with E-state index in [1.165, 1.54) is 53.1 Å². The van der Waals surface area contributed by atoms with Gasteiger partial charge in [0.2, 0.25) is 5.91 Å². The van der Waals surface area contributed by atoms with Gasteiger partial charge in [0.25, 0.3) is 5.91 Å². The lowest BCUT2D eigenvalue weighted by atomic mass is 10.2. The van der Waals surface area contributed by atoms with E-state index >= 15 is 0 Å². The van der Waals surface area contributed by atoms with Gasteiger partial charge in [-0.2, -0.15) is 0 Å². The molecule has 3 rings (SSSR count). The van der Waals surface area contributed by atoms with Crippen molar-refractivity contribution < 1.29 is 14.0 Å². The maximum Gasteiger partial charge on any atom is 0.288 e. The zero-order chi connectivity index (χ0) is 19.2. The molecular weight excluding hydrogens is 367 g/mol. The molecule has 2 N–H and O–H groups in total. The Balaban J connectivity index is 1.57. The average Bonchev–Trinajstić information content (AvgIpc) is 3.16. The third-order valence-electron chi connectivity index (χ3n) is 3.74. The quantitative estimate of drug-likeness (QED) is 0.524. The Hall–Kier alpha value is -3.13. The lowest BCUT2D eigenvalue weighted by Crippen LogP contribution is -2.43. The number of nitrogens with one attached hydrogen (secondary N) is 2. The zero-order valence-electron chi connectivity index (χ0n) is 14.5. The van der Waals surface area contributed by atoms with Gasteiger partial charge in [-0.25, -0.2) is 9.37 Å². The molecule has 138 valence electrons. The Bertz CT molecular complexity index is 956. The summed E-state index contributed by atoms with van der Waals surface area (Å²) < 4.78 is 14.6. The number of hydrogen-bond acceptors (Lipinski definition) is 4. The molecule has 0 saturated carbocycles. The lowest BCUT2D eigenvalue weighted by Gasteiger charge is -2.10. The summed E-state index contributed by atoms with van der Waals surface area (Å²) in [7, 11) is 0. The van der Waals surface area contributed by atoms with Crippen LogP contribution < -0.4 is 10.9 Å². The molecule has 0 bridgehead atoms. The van der Waals surface area contributed by atoms with Crippen LogP contribution in [-0.2, 0) is 4.79 Å². The number of thioether (sulfide) groups is 1. The number of amides is 2. The van der Waals surface area contributed by atoms with Crippen LogP contribution in [-0.4, -0.2) is 27.1 Å². The molecule has 0 aliphatic carbocycles. The molecule has 0 aliphatic rings. The fraction of sp³-hybridized carbons (Fsp3) is 0.105. The number of halogens is 1. The number of rotatable bonds is 5. The van der Waals surface area contributed by atoms with Gasteiger partial charge in [-0.15, -0.1) is 11.8 Å². The van der Waals surface area contributed by atoms with Crippen LogP contribution in [0.5, 0.6) is 0 Å². The second-order valence-corrected chi connectivity index (χ2v) is 6.70. The Morgan fingerprint density at radius 1 is 1.11 bits per heavy atom. The number of carbonyl (C=O) groups is 2. The normalized spacial score (nSPS) is 10.4. The highest BCUT2D eigenvalue weighted by Gasteiger charge is 2.14. The number of aromatic nitrogens is 2. The predicted molar refractivity (Wildman–Crippen MR) is 101 cm³/mol. The largest absolute Gasteiger partial charge is 0.295 e. The topological polar surface area (TPSA) is 76.0 Å². The first kappa shape index (κ1) is 18.7. The molecule has 3 aromatic rings. The van der Waals surface area contributed by atoms with Gasteiger partial charge in [-0.1, -0.05) is 18.2 Å². The van der Waals surface area contributed by atoms with Gasteiger partial charge in [0.05, 0.1) is 18.3 Å². The van der Waals surface area contributed by atoms with Crippen molar-refractivity contribution in [1.82, 2.24) is 20.4 Å². The van der Waals surface area contributed by atoms with Gasteiger partial charge < -0.3 is 0 Å². The maximum absolute atomic E-state index is 13.1. The molecule has 0 spiro atoms. The third kappa shape index (κ3) is 4.73. The fourth-order valence-corrected chi connectivity index (χ4v) is 3.19. The SMILES string of the molecule is Cc1ccccc1SCC(=O)NNC(=O)c1cncn1-c1ccc(F)cc1. The van der Waals surface area contributed by atoms with E-state index in [0.29, 0.717) is 5.69 Å². The van der Waals surface area contributed by atoms with Crippen molar-refractivity contribution in [1.29, 1.82) is 0 Å². The molecule has 1 aromatic heterocycles. The van der Waals surface area contributed by atoms with E-state index < -0.39 is 5.91 Å². The van der Waals surface area contributed by atoms with E-state index in [9.17, 15) is 14.0 Å². The third-order valence-corrected chi connectivity index (χ3v) is 4.92. The molecule has 0 unspecified atom stereocenters. The number of hydrazine groups is 1. The Kier molecular flexibility index (Phi) is 5.87. The molecule has 6 nitrogen and oxygen atoms in total. The summed E-state index contributed by atoms with van der Waals surface area (Å²) in [6, 6.07) is 13.4. The van der Waals surface area contributed by atoms with Crippen LogP contribution in [0.25, 0.3) is 5.69 Å². The number of hydrogen-bond donors (Lipinski definition) is 2. The van der Waals surface area contributed by atoms with Crippen molar-refractivity contribution in [3.8, 4) is 5.69 Å². The standard InChI is InChI=1S/C19H17FN4O2S/c1-13-4-2-3-5-17(13)27-11-18(25)22-23-19(26)16-10-21-12-24(16)15-8-6-14(20)7-9-15/h2-10,12H,11H2,1H3,(H,22,25)(H,23,26). The summed E-state index contributed by atoms with van der Waals surface area (Å²) in [6.45, 7) is 1.97. The number of aryl methyl sites for hydroxylation is 1. The average molecular weight is 384 g/mol. The molecule has 2 aromatic carbocycles. The summed E-state index contributed by atoms with van der Waals surface area (Å²) in [5.41, 5.74) is 6.64. The molecule has 0 fully saturated rings. The number of carbonyl (C=O) groups excluding carboxylic acids is 2. The molecule has 8 heteroatoms. The Morgan fingerprint density at radius 2 is 1.85 bits per heavy atom. The summed E-state index contributed by atoms with van der Waals surface area (Å²) >= 11 is 1.39. The first-order chi connectivity index (χ1) is 13.0. The van der Waals surface area contributed by atoms with Crippen molar-refractivity contribution in [3.05, 3.63) is 78.1 Å². The van der Waals surface area contributed by atoms with Gasteiger partial charge in [-0.3, -0.25) is 25.0 Å². The number of benzene rings is 2. The summed E-state index contributed by atoms with van der Waals surface area (Å²) in [6.07, 6.45) is 2.81. The van der Waals surface area contributed by atoms with E-state index in [0.717, 1.165) is 10.5 Å². The lowest BCUT2D eigenvalue weighted by molar-refractivity contribution is -0.119. The molecule has 0 radical (unpaired) electrons. The minimum Gasteiger partial charge on any atom is -0.295 e. The fourth-order valence-electron chi connectivity index (χ4n) is 2.36. The summed E-state index contributed by atoms with van der Waals surface area (Å²) in [5, 5.41) is 0. The van der Waals surface area contributed by atoms with Gasteiger partial charge in [0.1, 0.15) is 11.5 Å². The van der Waals surface area contributed by atoms with E-state index in [4.69, 9.17) is 0 Å². The van der Waals surface area contributed by atoms with Gasteiger partial charge in [0, 0.05) is 10.6 Å². The molecule has 0 saturated heterocycles. The minimum absolute atomic E-state index is 0.169. The Labute approximate surface area is 159 Å². The van der Waals surface area contributed by atoms with Gasteiger partial charge in [-0.05, 0) is 42.8 Å². The summed E-state index contributed by atoms with van der Waals surface area (Å²) in [4.78, 5) is 29.3. The van der Waals surface area contributed by atoms with Crippen LogP contribution in [0.3, 0.4) is 0 Å². The van der Waals surface area contributed by atoms with Crippen LogP contribution in [0.2, 0.25) is 0 Å². The molecule has 0 atom stereocenters. The monoisotopic (exact) mass is 384 g/mol. The highest BCUT2D eigenvalue weighted by molar-refractivity contribution is 8.00. The van der Waals surface area contributed by atoms with E-state index in [2.05, 4.69) is 15.8 Å².